The number of hydrogen-bond acceptors (Lipinski definition) is 6. The average Bonchev–Trinajstić information content (AvgIpc) is 2.98. The van der Waals surface area contributed by atoms with Crippen molar-refractivity contribution in [2.75, 3.05) is 37.9 Å². The van der Waals surface area contributed by atoms with Crippen molar-refractivity contribution in [1.29, 1.82) is 0 Å². The Hall–Kier alpha value is -4.05. The highest BCUT2D eigenvalue weighted by Gasteiger charge is 2.34. The van der Waals surface area contributed by atoms with Gasteiger partial charge < -0.3 is 19.7 Å². The van der Waals surface area contributed by atoms with Crippen LogP contribution in [0.2, 0.25) is 0 Å². The van der Waals surface area contributed by atoms with Gasteiger partial charge in [0.2, 0.25) is 21.8 Å². The summed E-state index contributed by atoms with van der Waals surface area (Å²) in [6.07, 6.45) is 3.00. The number of rotatable bonds is 15. The Bertz CT molecular complexity index is 1450. The Morgan fingerprint density at radius 3 is 2.26 bits per heavy atom. The van der Waals surface area contributed by atoms with E-state index in [-0.39, 0.29) is 30.3 Å². The Morgan fingerprint density at radius 2 is 1.64 bits per heavy atom. The minimum absolute atomic E-state index is 0.122. The molecular formula is C32H41N3O6S. The Labute approximate surface area is 249 Å². The molecule has 42 heavy (non-hydrogen) atoms. The zero-order valence-corrected chi connectivity index (χ0v) is 25.8. The van der Waals surface area contributed by atoms with Gasteiger partial charge in [0.25, 0.3) is 0 Å². The lowest BCUT2D eigenvalue weighted by Crippen LogP contribution is -2.53. The molecule has 226 valence electrons. The molecule has 1 N–H and O–H groups in total. The number of unbranched alkanes of at least 4 members (excludes halogenated alkanes) is 1. The molecule has 0 heterocycles. The maximum absolute atomic E-state index is 14.3. The Balaban J connectivity index is 2.10. The van der Waals surface area contributed by atoms with E-state index in [9.17, 15) is 18.0 Å². The van der Waals surface area contributed by atoms with Crippen LogP contribution in [0, 0.1) is 6.92 Å². The normalized spacial score (nSPS) is 11.8. The molecular weight excluding hydrogens is 554 g/mol. The van der Waals surface area contributed by atoms with Gasteiger partial charge in [0.1, 0.15) is 24.1 Å². The number of methoxy groups -OCH3 is 2. The molecule has 0 aliphatic carbocycles. The average molecular weight is 596 g/mol. The zero-order valence-electron chi connectivity index (χ0n) is 25.0. The third-order valence-electron chi connectivity index (χ3n) is 7.04. The summed E-state index contributed by atoms with van der Waals surface area (Å²) in [5, 5.41) is 2.99. The molecule has 3 aromatic rings. The van der Waals surface area contributed by atoms with Crippen molar-refractivity contribution in [3.8, 4) is 11.5 Å². The summed E-state index contributed by atoms with van der Waals surface area (Å²) in [6.45, 7) is 4.03. The van der Waals surface area contributed by atoms with E-state index in [1.165, 1.54) is 25.2 Å². The van der Waals surface area contributed by atoms with E-state index in [1.807, 2.05) is 68.4 Å². The van der Waals surface area contributed by atoms with Gasteiger partial charge in [0, 0.05) is 25.6 Å². The second-order valence-corrected chi connectivity index (χ2v) is 12.0. The van der Waals surface area contributed by atoms with Crippen LogP contribution in [-0.4, -0.2) is 64.7 Å². The third kappa shape index (κ3) is 8.72. The molecule has 0 saturated heterocycles. The molecule has 0 fully saturated rings. The SMILES string of the molecule is CCCCNC(=O)C(Cc1ccccc1)N(Cc1ccccc1C)C(=O)CN(c1cc(OC)ccc1OC)S(C)(=O)=O. The Kier molecular flexibility index (Phi) is 11.8. The van der Waals surface area contributed by atoms with E-state index in [0.717, 1.165) is 40.1 Å². The summed E-state index contributed by atoms with van der Waals surface area (Å²) in [5.74, 6) is -0.155. The van der Waals surface area contributed by atoms with Crippen molar-refractivity contribution >= 4 is 27.5 Å². The molecule has 0 radical (unpaired) electrons. The van der Waals surface area contributed by atoms with Gasteiger partial charge in [-0.3, -0.25) is 13.9 Å². The van der Waals surface area contributed by atoms with E-state index >= 15 is 0 Å². The summed E-state index contributed by atoms with van der Waals surface area (Å²) < 4.78 is 38.0. The van der Waals surface area contributed by atoms with Gasteiger partial charge in [0.15, 0.2) is 0 Å². The van der Waals surface area contributed by atoms with Gasteiger partial charge in [-0.15, -0.1) is 0 Å². The fourth-order valence-corrected chi connectivity index (χ4v) is 5.46. The van der Waals surface area contributed by atoms with Crippen molar-refractivity contribution in [2.24, 2.45) is 0 Å². The lowest BCUT2D eigenvalue weighted by atomic mass is 10.0. The van der Waals surface area contributed by atoms with Crippen LogP contribution in [-0.2, 0) is 32.6 Å². The van der Waals surface area contributed by atoms with Crippen molar-refractivity contribution in [3.63, 3.8) is 0 Å². The van der Waals surface area contributed by atoms with Crippen molar-refractivity contribution in [1.82, 2.24) is 10.2 Å². The van der Waals surface area contributed by atoms with Crippen molar-refractivity contribution in [2.45, 2.75) is 45.7 Å². The predicted molar refractivity (Wildman–Crippen MR) is 165 cm³/mol. The topological polar surface area (TPSA) is 105 Å². The number of amides is 2. The van der Waals surface area contributed by atoms with Crippen LogP contribution in [0.15, 0.2) is 72.8 Å². The number of carbonyl (C=O) groups excluding carboxylic acids is 2. The van der Waals surface area contributed by atoms with Gasteiger partial charge in [0.05, 0.1) is 26.2 Å². The fourth-order valence-electron chi connectivity index (χ4n) is 4.62. The van der Waals surface area contributed by atoms with Crippen LogP contribution in [0.1, 0.15) is 36.5 Å². The number of ether oxygens (including phenoxy) is 2. The summed E-state index contributed by atoms with van der Waals surface area (Å²) in [4.78, 5) is 29.5. The molecule has 1 atom stereocenters. The number of nitrogens with one attached hydrogen (secondary N) is 1. The number of hydrogen-bond donors (Lipinski definition) is 1. The molecule has 2 amide bonds. The predicted octanol–water partition coefficient (Wildman–Crippen LogP) is 4.33. The standard InChI is InChI=1S/C32H41N3O6S/c1-6-7-19-33-32(37)29(20-25-14-9-8-10-15-25)34(22-26-16-12-11-13-24(26)2)31(36)23-35(42(5,38)39)28-21-27(40-3)17-18-30(28)41-4/h8-18,21,29H,6-7,19-20,22-23H2,1-5H3,(H,33,37). The van der Waals surface area contributed by atoms with Crippen molar-refractivity contribution in [3.05, 3.63) is 89.5 Å². The van der Waals surface area contributed by atoms with Crippen LogP contribution in [0.4, 0.5) is 5.69 Å². The summed E-state index contributed by atoms with van der Waals surface area (Å²) in [5.41, 5.74) is 2.85. The second kappa shape index (κ2) is 15.3. The largest absolute Gasteiger partial charge is 0.497 e. The monoisotopic (exact) mass is 595 g/mol. The van der Waals surface area contributed by atoms with Crippen LogP contribution >= 0.6 is 0 Å². The minimum atomic E-state index is -3.96. The molecule has 0 aromatic heterocycles. The molecule has 9 nitrogen and oxygen atoms in total. The molecule has 1 unspecified atom stereocenters. The first-order valence-electron chi connectivity index (χ1n) is 13.9. The molecule has 0 aliphatic rings. The first-order valence-corrected chi connectivity index (χ1v) is 15.8. The number of carbonyl (C=O) groups is 2. The molecule has 0 aliphatic heterocycles. The van der Waals surface area contributed by atoms with E-state index < -0.39 is 28.5 Å². The first-order chi connectivity index (χ1) is 20.1. The van der Waals surface area contributed by atoms with Gasteiger partial charge in [-0.2, -0.15) is 0 Å². The van der Waals surface area contributed by atoms with Crippen LogP contribution in [0.3, 0.4) is 0 Å². The lowest BCUT2D eigenvalue weighted by Gasteiger charge is -2.34. The highest BCUT2D eigenvalue weighted by molar-refractivity contribution is 7.92. The molecule has 0 bridgehead atoms. The lowest BCUT2D eigenvalue weighted by molar-refractivity contribution is -0.140. The summed E-state index contributed by atoms with van der Waals surface area (Å²) in [7, 11) is -1.06. The van der Waals surface area contributed by atoms with Gasteiger partial charge in [-0.1, -0.05) is 67.9 Å². The third-order valence-corrected chi connectivity index (χ3v) is 8.16. The van der Waals surface area contributed by atoms with Crippen LogP contribution in [0.25, 0.3) is 0 Å². The van der Waals surface area contributed by atoms with E-state index in [4.69, 9.17) is 9.47 Å². The molecule has 3 aromatic carbocycles. The van der Waals surface area contributed by atoms with E-state index in [2.05, 4.69) is 5.32 Å². The van der Waals surface area contributed by atoms with Crippen LogP contribution < -0.4 is 19.1 Å². The fraction of sp³-hybridized carbons (Fsp3) is 0.375. The number of nitrogens with zero attached hydrogens (tertiary/aromatic N) is 2. The van der Waals surface area contributed by atoms with E-state index in [1.54, 1.807) is 12.1 Å². The first kappa shape index (κ1) is 32.5. The quantitative estimate of drug-likeness (QED) is 0.262. The maximum atomic E-state index is 14.3. The Morgan fingerprint density at radius 1 is 0.952 bits per heavy atom. The molecule has 10 heteroatoms. The van der Waals surface area contributed by atoms with Gasteiger partial charge in [-0.25, -0.2) is 8.42 Å². The number of anilines is 1. The maximum Gasteiger partial charge on any atom is 0.244 e. The highest BCUT2D eigenvalue weighted by atomic mass is 32.2. The zero-order chi connectivity index (χ0) is 30.7. The molecule has 0 spiro atoms. The summed E-state index contributed by atoms with van der Waals surface area (Å²) in [6, 6.07) is 21.0. The smallest absolute Gasteiger partial charge is 0.244 e. The number of sulfonamides is 1. The molecule has 3 rings (SSSR count). The second-order valence-electron chi connectivity index (χ2n) is 10.1. The van der Waals surface area contributed by atoms with Gasteiger partial charge in [-0.05, 0) is 42.2 Å². The highest BCUT2D eigenvalue weighted by Crippen LogP contribution is 2.34. The number of aryl methyl sites for hydroxylation is 1. The molecule has 0 saturated carbocycles. The van der Waals surface area contributed by atoms with Crippen LogP contribution in [0.5, 0.6) is 11.5 Å². The van der Waals surface area contributed by atoms with E-state index in [0.29, 0.717) is 12.3 Å². The van der Waals surface area contributed by atoms with Gasteiger partial charge >= 0.3 is 0 Å². The number of benzene rings is 3. The minimum Gasteiger partial charge on any atom is -0.497 e. The van der Waals surface area contributed by atoms with Crippen molar-refractivity contribution < 1.29 is 27.5 Å². The summed E-state index contributed by atoms with van der Waals surface area (Å²) >= 11 is 0.